The third-order valence-electron chi connectivity index (χ3n) is 10.6. The molecule has 41 heavy (non-hydrogen) atoms. The molecule has 5 aliphatic rings. The summed E-state index contributed by atoms with van der Waals surface area (Å²) in [7, 11) is 3.73. The zero-order valence-electron chi connectivity index (χ0n) is 23.8. The topological polar surface area (TPSA) is 77.7 Å². The number of hydrogen-bond acceptors (Lipinski definition) is 6. The summed E-state index contributed by atoms with van der Waals surface area (Å²) >= 11 is 0. The lowest BCUT2D eigenvalue weighted by molar-refractivity contribution is -0.0204. The van der Waals surface area contributed by atoms with Crippen molar-refractivity contribution in [3.63, 3.8) is 0 Å². The monoisotopic (exact) mass is 552 g/mol. The van der Waals surface area contributed by atoms with Gasteiger partial charge in [-0.25, -0.2) is 9.97 Å². The molecular weight excluding hydrogens is 516 g/mol. The Bertz CT molecular complexity index is 1710. The van der Waals surface area contributed by atoms with Crippen LogP contribution in [0, 0.1) is 23.7 Å². The summed E-state index contributed by atoms with van der Waals surface area (Å²) in [5.74, 6) is 5.68. The van der Waals surface area contributed by atoms with E-state index in [9.17, 15) is 4.79 Å². The van der Waals surface area contributed by atoms with Gasteiger partial charge < -0.3 is 28.4 Å². The molecule has 212 valence electrons. The van der Waals surface area contributed by atoms with Gasteiger partial charge in [0, 0.05) is 50.2 Å². The van der Waals surface area contributed by atoms with Crippen LogP contribution >= 0.6 is 0 Å². The number of likely N-dealkylation sites (tertiary alicyclic amines) is 1. The van der Waals surface area contributed by atoms with E-state index in [-0.39, 0.29) is 5.91 Å². The number of nitrogens with zero attached hydrogens (tertiary/aromatic N) is 6. The van der Waals surface area contributed by atoms with E-state index in [0.717, 1.165) is 90.6 Å². The van der Waals surface area contributed by atoms with Crippen LogP contribution in [-0.2, 0) is 18.3 Å². The molecule has 3 aromatic heterocycles. The molecule has 9 rings (SSSR count). The van der Waals surface area contributed by atoms with E-state index in [1.165, 1.54) is 25.7 Å². The van der Waals surface area contributed by atoms with E-state index in [0.29, 0.717) is 29.2 Å². The van der Waals surface area contributed by atoms with Gasteiger partial charge >= 0.3 is 0 Å². The molecule has 5 heterocycles. The Morgan fingerprint density at radius 1 is 1.07 bits per heavy atom. The van der Waals surface area contributed by atoms with Crippen LogP contribution < -0.4 is 9.64 Å². The highest BCUT2D eigenvalue weighted by atomic mass is 16.5. The van der Waals surface area contributed by atoms with E-state index in [1.54, 1.807) is 7.11 Å². The molecule has 4 atom stereocenters. The van der Waals surface area contributed by atoms with Crippen LogP contribution in [0.5, 0.6) is 5.75 Å². The van der Waals surface area contributed by atoms with Gasteiger partial charge in [-0.3, -0.25) is 4.79 Å². The molecule has 5 fully saturated rings. The predicted octanol–water partition coefficient (Wildman–Crippen LogP) is 4.33. The van der Waals surface area contributed by atoms with Crippen molar-refractivity contribution in [3.8, 4) is 17.3 Å². The van der Waals surface area contributed by atoms with Crippen molar-refractivity contribution in [2.75, 3.05) is 44.9 Å². The molecule has 0 radical (unpaired) electrons. The van der Waals surface area contributed by atoms with E-state index < -0.39 is 0 Å². The van der Waals surface area contributed by atoms with Crippen LogP contribution in [-0.4, -0.2) is 75.9 Å². The van der Waals surface area contributed by atoms with Crippen molar-refractivity contribution in [2.24, 2.45) is 30.7 Å². The lowest BCUT2D eigenvalue weighted by Gasteiger charge is -2.52. The highest BCUT2D eigenvalue weighted by Gasteiger charge is 2.61. The quantitative estimate of drug-likeness (QED) is 0.355. The maximum Gasteiger partial charge on any atom is 0.254 e. The first kappa shape index (κ1) is 24.1. The van der Waals surface area contributed by atoms with Gasteiger partial charge in [0.2, 0.25) is 0 Å². The van der Waals surface area contributed by atoms with Gasteiger partial charge in [-0.1, -0.05) is 0 Å². The van der Waals surface area contributed by atoms with Gasteiger partial charge in [0.25, 0.3) is 5.91 Å². The number of benzene rings is 1. The van der Waals surface area contributed by atoms with Crippen LogP contribution in [0.2, 0.25) is 0 Å². The van der Waals surface area contributed by atoms with Crippen LogP contribution in [0.25, 0.3) is 33.6 Å². The maximum absolute atomic E-state index is 13.7. The molecule has 3 aliphatic carbocycles. The lowest BCUT2D eigenvalue weighted by Crippen LogP contribution is -2.53. The van der Waals surface area contributed by atoms with E-state index in [1.807, 2.05) is 19.2 Å². The van der Waals surface area contributed by atoms with Crippen molar-refractivity contribution in [3.05, 3.63) is 35.9 Å². The van der Waals surface area contributed by atoms with Crippen LogP contribution in [0.1, 0.15) is 36.0 Å². The Kier molecular flexibility index (Phi) is 5.11. The number of anilines is 1. The number of fused-ring (bicyclic) bond motifs is 2. The minimum absolute atomic E-state index is 0.123. The molecule has 4 aromatic rings. The molecule has 2 aliphatic heterocycles. The van der Waals surface area contributed by atoms with Crippen LogP contribution in [0.3, 0.4) is 0 Å². The number of morpholine rings is 1. The number of hydrogen-bond donors (Lipinski definition) is 0. The van der Waals surface area contributed by atoms with Crippen LogP contribution in [0.15, 0.2) is 30.3 Å². The fraction of sp³-hybridized carbons (Fsp3) is 0.531. The first-order valence-corrected chi connectivity index (χ1v) is 15.3. The fourth-order valence-electron chi connectivity index (χ4n) is 8.20. The van der Waals surface area contributed by atoms with E-state index in [2.05, 4.69) is 37.1 Å². The van der Waals surface area contributed by atoms with Crippen molar-refractivity contribution >= 4 is 33.8 Å². The van der Waals surface area contributed by atoms with Crippen molar-refractivity contribution in [2.45, 2.75) is 38.3 Å². The molecule has 1 unspecified atom stereocenters. The van der Waals surface area contributed by atoms with Gasteiger partial charge in [-0.15, -0.1) is 0 Å². The Labute approximate surface area is 239 Å². The van der Waals surface area contributed by atoms with Gasteiger partial charge in [-0.05, 0) is 79.7 Å². The fourth-order valence-corrected chi connectivity index (χ4v) is 8.20. The molecule has 0 N–H and O–H groups in total. The van der Waals surface area contributed by atoms with Gasteiger partial charge in [0.05, 0.1) is 31.5 Å². The normalized spacial score (nSPS) is 26.8. The van der Waals surface area contributed by atoms with Gasteiger partial charge in [-0.2, -0.15) is 0 Å². The largest absolute Gasteiger partial charge is 0.494 e. The molecule has 0 bridgehead atoms. The SMILES string of the molecule is COc1cc(C(=O)N2C[C@H]3CC4C[C@@H]2[C@H]43)cc2nc(-c3cc4ccc(N5CCOCC5)nc4n3CC3CC3)n(C)c12. The number of imidazole rings is 1. The Morgan fingerprint density at radius 3 is 2.68 bits per heavy atom. The second kappa shape index (κ2) is 8.71. The Hall–Kier alpha value is -3.59. The summed E-state index contributed by atoms with van der Waals surface area (Å²) in [6.07, 6.45) is 4.98. The summed E-state index contributed by atoms with van der Waals surface area (Å²) < 4.78 is 15.9. The lowest BCUT2D eigenvalue weighted by atomic mass is 9.53. The number of amides is 1. The maximum atomic E-state index is 13.7. The zero-order chi connectivity index (χ0) is 27.4. The first-order valence-electron chi connectivity index (χ1n) is 15.3. The third-order valence-corrected chi connectivity index (χ3v) is 10.6. The first-order chi connectivity index (χ1) is 20.1. The molecular formula is C32H36N6O3. The molecule has 1 aromatic carbocycles. The van der Waals surface area contributed by atoms with Gasteiger partial charge in [0.1, 0.15) is 22.7 Å². The summed E-state index contributed by atoms with van der Waals surface area (Å²) in [6.45, 7) is 5.03. The standard InChI is InChI=1S/C32H36N6O3/c1-35-29-23(12-21(15-26(29)40-2)32(39)38-17-22-11-20-14-24(38)28(20)22)33-31(35)25-13-19-5-6-27(36-7-9-41-10-8-36)34-30(19)37(25)16-18-3-4-18/h5-6,12-13,15,18,20,22,24,28H,3-4,7-11,14,16-17H2,1-2H3/t20?,22-,24-,28-/m1/s1. The number of carbonyl (C=O) groups is 1. The van der Waals surface area contributed by atoms with Crippen molar-refractivity contribution < 1.29 is 14.3 Å². The molecule has 9 nitrogen and oxygen atoms in total. The zero-order valence-corrected chi connectivity index (χ0v) is 23.8. The minimum Gasteiger partial charge on any atom is -0.494 e. The average Bonchev–Trinajstić information content (AvgIpc) is 3.66. The predicted molar refractivity (Wildman–Crippen MR) is 156 cm³/mol. The number of pyridine rings is 1. The van der Waals surface area contributed by atoms with Crippen molar-refractivity contribution in [1.29, 1.82) is 0 Å². The molecule has 0 spiro atoms. The summed E-state index contributed by atoms with van der Waals surface area (Å²) in [4.78, 5) is 28.5. The highest BCUT2D eigenvalue weighted by Crippen LogP contribution is 2.60. The summed E-state index contributed by atoms with van der Waals surface area (Å²) in [5, 5.41) is 1.12. The number of carbonyl (C=O) groups excluding carboxylic acids is 1. The Balaban J connectivity index is 1.14. The minimum atomic E-state index is 0.123. The van der Waals surface area contributed by atoms with Crippen LogP contribution in [0.4, 0.5) is 5.82 Å². The molecule has 1 amide bonds. The van der Waals surface area contributed by atoms with E-state index >= 15 is 0 Å². The third kappa shape index (κ3) is 3.54. The van der Waals surface area contributed by atoms with Crippen molar-refractivity contribution in [1.82, 2.24) is 24.0 Å². The molecule has 3 saturated carbocycles. The Morgan fingerprint density at radius 2 is 1.93 bits per heavy atom. The number of aryl methyl sites for hydroxylation is 1. The smallest absolute Gasteiger partial charge is 0.254 e. The molecule has 2 saturated heterocycles. The number of methoxy groups -OCH3 is 1. The average molecular weight is 553 g/mol. The summed E-state index contributed by atoms with van der Waals surface area (Å²) in [5.41, 5.74) is 4.45. The second-order valence-corrected chi connectivity index (χ2v) is 12.9. The van der Waals surface area contributed by atoms with E-state index in [4.69, 9.17) is 19.4 Å². The second-order valence-electron chi connectivity index (χ2n) is 12.9. The highest BCUT2D eigenvalue weighted by molar-refractivity contribution is 6.00. The number of ether oxygens (including phenoxy) is 2. The number of aromatic nitrogens is 4. The molecule has 9 heteroatoms. The number of rotatable bonds is 6. The summed E-state index contributed by atoms with van der Waals surface area (Å²) in [6, 6.07) is 10.9. The van der Waals surface area contributed by atoms with Gasteiger partial charge in [0.15, 0.2) is 5.82 Å².